The fraction of sp³-hybridized carbons (Fsp3) is 0.514. The number of unbranched alkanes of at least 4 members (excludes halogenated alkanes) is 1. The average molecular weight is 772 g/mol. The summed E-state index contributed by atoms with van der Waals surface area (Å²) in [6, 6.07) is 7.68. The van der Waals surface area contributed by atoms with Crippen molar-refractivity contribution >= 4 is 44.3 Å². The largest absolute Gasteiger partial charge is 0.547 e. The maximum Gasteiger partial charge on any atom is 0.547 e. The van der Waals surface area contributed by atoms with Gasteiger partial charge in [-0.15, -0.1) is 0 Å². The van der Waals surface area contributed by atoms with Gasteiger partial charge in [0.2, 0.25) is 31.2 Å². The molecule has 20 heteroatoms. The molecule has 18 nitrogen and oxygen atoms in total. The topological polar surface area (TPSA) is 233 Å². The van der Waals surface area contributed by atoms with Gasteiger partial charge in [0.1, 0.15) is 22.8 Å². The molecule has 0 fully saturated rings. The summed E-state index contributed by atoms with van der Waals surface area (Å²) in [5.74, 6) is -3.34. The number of carbonyl (C=O) groups is 5. The summed E-state index contributed by atoms with van der Waals surface area (Å²) < 4.78 is 49.2. The first kappa shape index (κ1) is 42.5. The van der Waals surface area contributed by atoms with Gasteiger partial charge in [-0.1, -0.05) is 39.3 Å². The molecule has 0 saturated carbocycles. The van der Waals surface area contributed by atoms with Crippen LogP contribution < -0.4 is 24.7 Å². The monoisotopic (exact) mass is 772 g/mol. The number of nitrogens with one attached hydrogen (secondary N) is 2. The number of benzene rings is 2. The van der Waals surface area contributed by atoms with Crippen molar-refractivity contribution in [3.63, 3.8) is 0 Å². The Morgan fingerprint density at radius 1 is 0.836 bits per heavy atom. The van der Waals surface area contributed by atoms with Crippen molar-refractivity contribution in [1.29, 1.82) is 0 Å². The third-order valence-corrected chi connectivity index (χ3v) is 8.34. The molecule has 2 aliphatic heterocycles. The quantitative estimate of drug-likeness (QED) is 0.0595. The van der Waals surface area contributed by atoms with Crippen LogP contribution in [0.15, 0.2) is 30.3 Å². The van der Waals surface area contributed by atoms with Crippen LogP contribution in [0.1, 0.15) is 93.6 Å². The van der Waals surface area contributed by atoms with Crippen LogP contribution in [0.2, 0.25) is 0 Å². The predicted octanol–water partition coefficient (Wildman–Crippen LogP) is 3.07. The summed E-state index contributed by atoms with van der Waals surface area (Å²) in [6.45, 7) is 7.63. The van der Waals surface area contributed by atoms with Crippen LogP contribution in [0.4, 0.5) is 9.59 Å². The molecule has 0 saturated heterocycles. The van der Waals surface area contributed by atoms with Gasteiger partial charge in [0.15, 0.2) is 0 Å². The Labute approximate surface area is 318 Å². The second-order valence-corrected chi connectivity index (χ2v) is 12.3. The van der Waals surface area contributed by atoms with E-state index < -0.39 is 63.8 Å². The number of hydrogen-bond acceptors (Lipinski definition) is 16. The van der Waals surface area contributed by atoms with Crippen molar-refractivity contribution < 1.29 is 76.5 Å². The van der Waals surface area contributed by atoms with E-state index in [1.165, 1.54) is 19.1 Å². The lowest BCUT2D eigenvalue weighted by Gasteiger charge is -2.33. The zero-order chi connectivity index (χ0) is 40.1. The first-order valence-corrected chi connectivity index (χ1v) is 18.1. The lowest BCUT2D eigenvalue weighted by Crippen LogP contribution is -2.53. The van der Waals surface area contributed by atoms with Crippen LogP contribution in [0.5, 0.6) is 17.2 Å². The Morgan fingerprint density at radius 3 is 2.16 bits per heavy atom. The fourth-order valence-corrected chi connectivity index (χ4v) is 5.55. The minimum atomic E-state index is -1.60. The van der Waals surface area contributed by atoms with Gasteiger partial charge in [-0.05, 0) is 56.9 Å². The minimum absolute atomic E-state index is 0.0385. The first-order valence-electron chi connectivity index (χ1n) is 18.1. The number of amides is 2. The number of esters is 1. The number of rotatable bonds is 17. The van der Waals surface area contributed by atoms with Crippen molar-refractivity contribution in [3.05, 3.63) is 52.6 Å². The highest BCUT2D eigenvalue weighted by atomic mass is 16.8. The summed E-state index contributed by atoms with van der Waals surface area (Å²) in [7, 11) is -3.05. The first-order chi connectivity index (χ1) is 26.4. The van der Waals surface area contributed by atoms with Gasteiger partial charge < -0.3 is 58.4 Å². The highest BCUT2D eigenvalue weighted by Gasteiger charge is 2.42. The number of para-hydroxylation sites is 1. The van der Waals surface area contributed by atoms with E-state index in [9.17, 15) is 34.0 Å². The average Bonchev–Trinajstić information content (AvgIpc) is 3.15. The summed E-state index contributed by atoms with van der Waals surface area (Å²) in [5, 5.41) is 27.2. The van der Waals surface area contributed by atoms with Gasteiger partial charge in [0.05, 0.1) is 30.7 Å². The van der Waals surface area contributed by atoms with Gasteiger partial charge in [-0.3, -0.25) is 14.3 Å². The lowest BCUT2D eigenvalue weighted by molar-refractivity contribution is -0.199. The van der Waals surface area contributed by atoms with E-state index in [-0.39, 0.29) is 84.7 Å². The highest BCUT2D eigenvalue weighted by Crippen LogP contribution is 2.42. The molecule has 0 spiro atoms. The normalized spacial score (nSPS) is 16.8. The third kappa shape index (κ3) is 11.6. The predicted molar refractivity (Wildman–Crippen MR) is 192 cm³/mol. The molecule has 298 valence electrons. The highest BCUT2D eigenvalue weighted by molar-refractivity contribution is 6.47. The Kier molecular flexibility index (Phi) is 15.8. The number of fused-ring (bicyclic) bond motifs is 2. The van der Waals surface area contributed by atoms with Crippen LogP contribution >= 0.6 is 0 Å². The SMILES string of the molecule is CCCCOC(=O)OCOC(=O)c1ccc(OC(OC(C)OC(=O)OCC)c2cccc3c2OB(O)[C@@H](NC(=O)CC)C3)c2c1OB(O)[C@@H](NC(=O)CC)C2. The molecule has 2 aromatic rings. The van der Waals surface area contributed by atoms with Crippen LogP contribution in [0.25, 0.3) is 0 Å². The van der Waals surface area contributed by atoms with E-state index in [0.717, 1.165) is 6.42 Å². The van der Waals surface area contributed by atoms with E-state index >= 15 is 0 Å². The van der Waals surface area contributed by atoms with E-state index in [1.807, 2.05) is 6.92 Å². The molecule has 55 heavy (non-hydrogen) atoms. The lowest BCUT2D eigenvalue weighted by atomic mass is 9.72. The molecule has 0 aliphatic carbocycles. The third-order valence-electron chi connectivity index (χ3n) is 8.34. The Bertz CT molecular complexity index is 1680. The summed E-state index contributed by atoms with van der Waals surface area (Å²) in [6.07, 6.45) is -2.97. The van der Waals surface area contributed by atoms with E-state index in [0.29, 0.717) is 12.0 Å². The fourth-order valence-electron chi connectivity index (χ4n) is 5.55. The van der Waals surface area contributed by atoms with Crippen molar-refractivity contribution in [2.45, 2.75) is 97.6 Å². The van der Waals surface area contributed by atoms with Crippen molar-refractivity contribution in [3.8, 4) is 17.2 Å². The van der Waals surface area contributed by atoms with E-state index in [2.05, 4.69) is 10.6 Å². The number of carbonyl (C=O) groups excluding carboxylic acids is 5. The van der Waals surface area contributed by atoms with Crippen molar-refractivity contribution in [2.24, 2.45) is 0 Å². The minimum Gasteiger partial charge on any atom is -0.534 e. The number of hydrogen-bond donors (Lipinski definition) is 4. The van der Waals surface area contributed by atoms with E-state index in [1.54, 1.807) is 39.0 Å². The maximum absolute atomic E-state index is 13.3. The molecule has 2 aliphatic rings. The molecule has 2 unspecified atom stereocenters. The van der Waals surface area contributed by atoms with Gasteiger partial charge in [0.25, 0.3) is 0 Å². The van der Waals surface area contributed by atoms with Crippen LogP contribution in [-0.2, 0) is 50.9 Å². The molecule has 2 amide bonds. The van der Waals surface area contributed by atoms with Gasteiger partial charge in [-0.25, -0.2) is 14.4 Å². The molecular formula is C35H46B2N2O16. The van der Waals surface area contributed by atoms with E-state index in [4.69, 9.17) is 42.5 Å². The molecule has 2 heterocycles. The Balaban J connectivity index is 1.71. The zero-order valence-corrected chi connectivity index (χ0v) is 31.3. The van der Waals surface area contributed by atoms with Crippen LogP contribution in [0, 0.1) is 0 Å². The summed E-state index contributed by atoms with van der Waals surface area (Å²) >= 11 is 0. The van der Waals surface area contributed by atoms with Crippen LogP contribution in [0.3, 0.4) is 0 Å². The molecule has 4 atom stereocenters. The van der Waals surface area contributed by atoms with Gasteiger partial charge in [-0.2, -0.15) is 0 Å². The zero-order valence-electron chi connectivity index (χ0n) is 31.3. The smallest absolute Gasteiger partial charge is 0.534 e. The molecule has 4 N–H and O–H groups in total. The Morgan fingerprint density at radius 2 is 1.51 bits per heavy atom. The molecule has 0 bridgehead atoms. The summed E-state index contributed by atoms with van der Waals surface area (Å²) in [4.78, 5) is 61.8. The number of ether oxygens (including phenoxy) is 7. The summed E-state index contributed by atoms with van der Waals surface area (Å²) in [5.41, 5.74) is 0.848. The van der Waals surface area contributed by atoms with Crippen molar-refractivity contribution in [2.75, 3.05) is 20.0 Å². The molecular weight excluding hydrogens is 726 g/mol. The second-order valence-electron chi connectivity index (χ2n) is 12.3. The molecule has 0 aromatic heterocycles. The molecule has 0 radical (unpaired) electrons. The molecule has 4 rings (SSSR count). The van der Waals surface area contributed by atoms with Crippen molar-refractivity contribution in [1.82, 2.24) is 10.6 Å². The standard InChI is InChI=1S/C35H46B2N2O16/c1-6-10-16-48-34(43)50-19-49-32(42)22-14-15-25(24-18-27(39-29(41)8-3)37(46)55-31(22)24)53-33(51-20(5)52-35(44)47-9-4)23-13-11-12-21-17-26(38-28(40)7-2)36(45)54-30(21)23/h11-15,20,26-27,33,45-46H,6-10,16-19H2,1-5H3,(H,38,40)(H,39,41)/t20?,26-,27-,33?/m0/s1. The maximum atomic E-state index is 13.3. The van der Waals surface area contributed by atoms with Gasteiger partial charge in [0, 0.05) is 18.4 Å². The van der Waals surface area contributed by atoms with Gasteiger partial charge >= 0.3 is 32.5 Å². The van der Waals surface area contributed by atoms with Crippen LogP contribution in [-0.4, -0.2) is 92.6 Å². The molecule has 2 aromatic carbocycles. The Hall–Kier alpha value is -5.20. The second kappa shape index (κ2) is 20.5.